The van der Waals surface area contributed by atoms with E-state index in [1.54, 1.807) is 12.1 Å². The van der Waals surface area contributed by atoms with Gasteiger partial charge in [0.1, 0.15) is 13.2 Å². The number of para-hydroxylation sites is 4. The van der Waals surface area contributed by atoms with Crippen molar-refractivity contribution in [1.82, 2.24) is 4.98 Å². The van der Waals surface area contributed by atoms with E-state index < -0.39 is 6.10 Å². The number of amides is 1. The number of nitrogens with zero attached hydrogens (tertiary/aromatic N) is 1. The second kappa shape index (κ2) is 7.05. The van der Waals surface area contributed by atoms with Crippen LogP contribution >= 0.6 is 11.3 Å². The molecule has 2 aliphatic heterocycles. The van der Waals surface area contributed by atoms with Gasteiger partial charge in [0.2, 0.25) is 6.10 Å². The molecule has 3 aromatic rings. The van der Waals surface area contributed by atoms with Gasteiger partial charge >= 0.3 is 0 Å². The molecule has 7 nitrogen and oxygen atoms in total. The molecule has 0 radical (unpaired) electrons. The van der Waals surface area contributed by atoms with Gasteiger partial charge in [-0.15, -0.1) is 11.3 Å². The van der Waals surface area contributed by atoms with Crippen molar-refractivity contribution >= 4 is 22.4 Å². The Morgan fingerprint density at radius 3 is 2.32 bits per heavy atom. The van der Waals surface area contributed by atoms with Gasteiger partial charge in [-0.3, -0.25) is 10.1 Å². The van der Waals surface area contributed by atoms with Crippen LogP contribution in [0.15, 0.2) is 53.9 Å². The zero-order valence-electron chi connectivity index (χ0n) is 14.7. The van der Waals surface area contributed by atoms with Gasteiger partial charge in [0.25, 0.3) is 5.91 Å². The second-order valence-electron chi connectivity index (χ2n) is 6.30. The number of carbonyl (C=O) groups is 1. The SMILES string of the molecule is O=C(Nc1nc(C2COc3ccccc3O2)cs1)C1COc2ccccc2O1. The average Bonchev–Trinajstić information content (AvgIpc) is 3.21. The minimum atomic E-state index is -0.733. The highest BCUT2D eigenvalue weighted by atomic mass is 32.1. The highest BCUT2D eigenvalue weighted by molar-refractivity contribution is 7.13. The first kappa shape index (κ1) is 16.9. The molecule has 2 aromatic carbocycles. The summed E-state index contributed by atoms with van der Waals surface area (Å²) in [6.07, 6.45) is -1.05. The molecule has 28 heavy (non-hydrogen) atoms. The molecule has 0 fully saturated rings. The van der Waals surface area contributed by atoms with Crippen LogP contribution in [0.25, 0.3) is 0 Å². The van der Waals surface area contributed by atoms with Crippen LogP contribution in [0.3, 0.4) is 0 Å². The lowest BCUT2D eigenvalue weighted by Gasteiger charge is -2.25. The third-order valence-electron chi connectivity index (χ3n) is 4.39. The zero-order valence-corrected chi connectivity index (χ0v) is 15.5. The van der Waals surface area contributed by atoms with Gasteiger partial charge < -0.3 is 18.9 Å². The lowest BCUT2D eigenvalue weighted by molar-refractivity contribution is -0.125. The van der Waals surface area contributed by atoms with Crippen molar-refractivity contribution in [2.24, 2.45) is 0 Å². The molecule has 3 heterocycles. The number of benzene rings is 2. The van der Waals surface area contributed by atoms with Crippen molar-refractivity contribution in [3.05, 3.63) is 59.6 Å². The van der Waals surface area contributed by atoms with Gasteiger partial charge in [-0.1, -0.05) is 24.3 Å². The van der Waals surface area contributed by atoms with E-state index in [0.29, 0.717) is 34.7 Å². The van der Waals surface area contributed by atoms with Crippen molar-refractivity contribution in [2.75, 3.05) is 18.5 Å². The Labute approximate surface area is 164 Å². The molecule has 5 rings (SSSR count). The van der Waals surface area contributed by atoms with E-state index in [9.17, 15) is 4.79 Å². The first-order valence-electron chi connectivity index (χ1n) is 8.79. The van der Waals surface area contributed by atoms with Crippen LogP contribution in [0.4, 0.5) is 5.13 Å². The number of thiazole rings is 1. The van der Waals surface area contributed by atoms with Crippen LogP contribution in [0.1, 0.15) is 11.8 Å². The summed E-state index contributed by atoms with van der Waals surface area (Å²) in [7, 11) is 0. The number of fused-ring (bicyclic) bond motifs is 2. The lowest BCUT2D eigenvalue weighted by atomic mass is 10.2. The molecule has 0 aliphatic carbocycles. The number of nitrogens with one attached hydrogen (secondary N) is 1. The predicted octanol–water partition coefficient (Wildman–Crippen LogP) is 3.43. The molecule has 2 aliphatic rings. The molecule has 0 bridgehead atoms. The Hall–Kier alpha value is -3.26. The maximum atomic E-state index is 12.5. The van der Waals surface area contributed by atoms with E-state index in [1.165, 1.54) is 11.3 Å². The lowest BCUT2D eigenvalue weighted by Crippen LogP contribution is -2.40. The van der Waals surface area contributed by atoms with Crippen molar-refractivity contribution in [3.8, 4) is 23.0 Å². The molecular weight excluding hydrogens is 380 g/mol. The maximum Gasteiger partial charge on any atom is 0.270 e. The zero-order chi connectivity index (χ0) is 18.9. The minimum Gasteiger partial charge on any atom is -0.485 e. The molecular formula is C20H16N2O5S. The first-order valence-corrected chi connectivity index (χ1v) is 9.67. The topological polar surface area (TPSA) is 78.9 Å². The van der Waals surface area contributed by atoms with Gasteiger partial charge in [-0.25, -0.2) is 4.98 Å². The fourth-order valence-corrected chi connectivity index (χ4v) is 3.75. The van der Waals surface area contributed by atoms with Crippen LogP contribution in [-0.4, -0.2) is 30.2 Å². The number of rotatable bonds is 3. The fourth-order valence-electron chi connectivity index (χ4n) is 2.99. The van der Waals surface area contributed by atoms with Crippen molar-refractivity contribution in [1.29, 1.82) is 0 Å². The van der Waals surface area contributed by atoms with Gasteiger partial charge in [0, 0.05) is 5.38 Å². The van der Waals surface area contributed by atoms with E-state index in [2.05, 4.69) is 10.3 Å². The van der Waals surface area contributed by atoms with Crippen molar-refractivity contribution < 1.29 is 23.7 Å². The molecule has 2 atom stereocenters. The minimum absolute atomic E-state index is 0.150. The molecule has 1 N–H and O–H groups in total. The van der Waals surface area contributed by atoms with E-state index in [0.717, 1.165) is 5.75 Å². The molecule has 2 unspecified atom stereocenters. The molecule has 0 saturated heterocycles. The van der Waals surface area contributed by atoms with Crippen LogP contribution in [-0.2, 0) is 4.79 Å². The normalized spacial score (nSPS) is 19.7. The van der Waals surface area contributed by atoms with Crippen molar-refractivity contribution in [3.63, 3.8) is 0 Å². The number of anilines is 1. The summed E-state index contributed by atoms with van der Waals surface area (Å²) in [5.74, 6) is 2.29. The van der Waals surface area contributed by atoms with Gasteiger partial charge in [0.05, 0.1) is 5.69 Å². The largest absolute Gasteiger partial charge is 0.485 e. The van der Waals surface area contributed by atoms with Gasteiger partial charge in [-0.05, 0) is 24.3 Å². The van der Waals surface area contributed by atoms with E-state index in [-0.39, 0.29) is 18.6 Å². The third-order valence-corrected chi connectivity index (χ3v) is 5.17. The summed E-state index contributed by atoms with van der Waals surface area (Å²) in [5, 5.41) is 5.12. The van der Waals surface area contributed by atoms with Gasteiger partial charge in [0.15, 0.2) is 34.2 Å². The maximum absolute atomic E-state index is 12.5. The third kappa shape index (κ3) is 3.22. The first-order chi connectivity index (χ1) is 13.8. The summed E-state index contributed by atoms with van der Waals surface area (Å²) < 4.78 is 23.0. The quantitative estimate of drug-likeness (QED) is 0.731. The molecule has 8 heteroatoms. The Morgan fingerprint density at radius 2 is 1.57 bits per heavy atom. The fraction of sp³-hybridized carbons (Fsp3) is 0.200. The highest BCUT2D eigenvalue weighted by Crippen LogP contribution is 2.36. The summed E-state index contributed by atoms with van der Waals surface area (Å²) in [4.78, 5) is 17.0. The number of hydrogen-bond acceptors (Lipinski definition) is 7. The number of hydrogen-bond donors (Lipinski definition) is 1. The summed E-state index contributed by atoms with van der Waals surface area (Å²) in [5.41, 5.74) is 0.709. The molecule has 142 valence electrons. The van der Waals surface area contributed by atoms with E-state index in [4.69, 9.17) is 18.9 Å². The summed E-state index contributed by atoms with van der Waals surface area (Å²) >= 11 is 1.33. The number of aromatic nitrogens is 1. The van der Waals surface area contributed by atoms with Crippen LogP contribution in [0, 0.1) is 0 Å². The average molecular weight is 396 g/mol. The van der Waals surface area contributed by atoms with Gasteiger partial charge in [-0.2, -0.15) is 0 Å². The Morgan fingerprint density at radius 1 is 0.929 bits per heavy atom. The molecule has 0 saturated carbocycles. The number of carbonyl (C=O) groups excluding carboxylic acids is 1. The van der Waals surface area contributed by atoms with Crippen molar-refractivity contribution in [2.45, 2.75) is 12.2 Å². The Kier molecular flexibility index (Phi) is 4.25. The van der Waals surface area contributed by atoms with E-state index in [1.807, 2.05) is 41.8 Å². The summed E-state index contributed by atoms with van der Waals surface area (Å²) in [6.45, 7) is 0.516. The Bertz CT molecular complexity index is 1020. The molecule has 0 spiro atoms. The van der Waals surface area contributed by atoms with Crippen LogP contribution < -0.4 is 24.3 Å². The standard InChI is InChI=1S/C20H16N2O5S/c23-19(18-10-25-14-6-2-4-8-16(14)27-18)22-20-21-12(11-28-20)17-9-24-13-5-1-3-7-15(13)26-17/h1-8,11,17-18H,9-10H2,(H,21,22,23). The molecule has 1 aromatic heterocycles. The Balaban J connectivity index is 1.24. The number of ether oxygens (including phenoxy) is 4. The van der Waals surface area contributed by atoms with Crippen LogP contribution in [0.5, 0.6) is 23.0 Å². The van der Waals surface area contributed by atoms with Crippen LogP contribution in [0.2, 0.25) is 0 Å². The van der Waals surface area contributed by atoms with E-state index >= 15 is 0 Å². The summed E-state index contributed by atoms with van der Waals surface area (Å²) in [6, 6.07) is 14.8. The predicted molar refractivity (Wildman–Crippen MR) is 102 cm³/mol. The second-order valence-corrected chi connectivity index (χ2v) is 7.15. The molecule has 1 amide bonds. The monoisotopic (exact) mass is 396 g/mol. The smallest absolute Gasteiger partial charge is 0.270 e. The highest BCUT2D eigenvalue weighted by Gasteiger charge is 2.29.